The van der Waals surface area contributed by atoms with Crippen LogP contribution in [0, 0.1) is 6.92 Å². The number of carbonyl (C=O) groups is 1. The lowest BCUT2D eigenvalue weighted by Crippen LogP contribution is -2.09. The number of benzene rings is 1. The molecule has 94 valence electrons. The molecule has 0 spiro atoms. The Bertz CT molecular complexity index is 383. The van der Waals surface area contributed by atoms with Crippen molar-refractivity contribution in [2.24, 2.45) is 0 Å². The molecule has 0 heterocycles. The number of aliphatic hydroxyl groups is 1. The molecular weight excluding hydrogens is 216 g/mol. The molecule has 0 saturated carbocycles. The van der Waals surface area contributed by atoms with Crippen molar-refractivity contribution in [1.29, 1.82) is 0 Å². The van der Waals surface area contributed by atoms with Crippen molar-refractivity contribution < 1.29 is 14.6 Å². The average molecular weight is 236 g/mol. The van der Waals surface area contributed by atoms with Gasteiger partial charge in [0.15, 0.2) is 0 Å². The van der Waals surface area contributed by atoms with Gasteiger partial charge in [-0.15, -0.1) is 0 Å². The lowest BCUT2D eigenvalue weighted by Gasteiger charge is -2.10. The molecule has 3 nitrogen and oxygen atoms in total. The Balaban J connectivity index is 2.81. The summed E-state index contributed by atoms with van der Waals surface area (Å²) in [7, 11) is 0. The maximum Gasteiger partial charge on any atom is 0.338 e. The van der Waals surface area contributed by atoms with Crippen LogP contribution in [0.3, 0.4) is 0 Å². The average Bonchev–Trinajstić information content (AvgIpc) is 2.29. The number of hydrogen-bond donors (Lipinski definition) is 1. The highest BCUT2D eigenvalue weighted by atomic mass is 16.5. The summed E-state index contributed by atoms with van der Waals surface area (Å²) >= 11 is 0. The van der Waals surface area contributed by atoms with Crippen LogP contribution >= 0.6 is 0 Å². The normalized spacial score (nSPS) is 10.6. The van der Waals surface area contributed by atoms with Crippen molar-refractivity contribution in [3.63, 3.8) is 0 Å². The Morgan fingerprint density at radius 3 is 2.71 bits per heavy atom. The van der Waals surface area contributed by atoms with Gasteiger partial charge in [-0.05, 0) is 30.0 Å². The molecule has 0 aliphatic carbocycles. The second-order valence-corrected chi connectivity index (χ2v) is 4.44. The van der Waals surface area contributed by atoms with E-state index in [1.54, 1.807) is 0 Å². The van der Waals surface area contributed by atoms with Crippen molar-refractivity contribution in [3.05, 3.63) is 34.9 Å². The lowest BCUT2D eigenvalue weighted by atomic mass is 9.98. The van der Waals surface area contributed by atoms with Crippen LogP contribution in [0.15, 0.2) is 18.2 Å². The van der Waals surface area contributed by atoms with E-state index in [4.69, 9.17) is 9.84 Å². The number of esters is 1. The number of carbonyl (C=O) groups excluding carboxylic acids is 1. The van der Waals surface area contributed by atoms with E-state index in [0.717, 1.165) is 11.1 Å². The molecule has 0 radical (unpaired) electrons. The number of aliphatic hydroxyl groups excluding tert-OH is 1. The highest BCUT2D eigenvalue weighted by Crippen LogP contribution is 2.19. The largest absolute Gasteiger partial charge is 0.462 e. The zero-order valence-electron chi connectivity index (χ0n) is 10.7. The molecule has 0 unspecified atom stereocenters. The summed E-state index contributed by atoms with van der Waals surface area (Å²) < 4.78 is 5.09. The first kappa shape index (κ1) is 13.7. The van der Waals surface area contributed by atoms with Crippen LogP contribution in [0.5, 0.6) is 0 Å². The van der Waals surface area contributed by atoms with Gasteiger partial charge in [0, 0.05) is 13.0 Å². The summed E-state index contributed by atoms with van der Waals surface area (Å²) in [4.78, 5) is 11.8. The minimum absolute atomic E-state index is 0.0400. The molecule has 0 saturated heterocycles. The monoisotopic (exact) mass is 236 g/mol. The molecule has 0 bridgehead atoms. The molecule has 0 aliphatic rings. The minimum Gasteiger partial charge on any atom is -0.462 e. The summed E-state index contributed by atoms with van der Waals surface area (Å²) in [6.45, 7) is 6.38. The van der Waals surface area contributed by atoms with Gasteiger partial charge in [0.05, 0.1) is 12.2 Å². The van der Waals surface area contributed by atoms with Gasteiger partial charge < -0.3 is 9.84 Å². The molecule has 3 heteroatoms. The maximum absolute atomic E-state index is 11.8. The van der Waals surface area contributed by atoms with Gasteiger partial charge in [0.1, 0.15) is 0 Å². The first-order chi connectivity index (χ1) is 8.06. The van der Waals surface area contributed by atoms with Crippen molar-refractivity contribution >= 4 is 5.97 Å². The van der Waals surface area contributed by atoms with Crippen LogP contribution in [0.2, 0.25) is 0 Å². The molecule has 0 aromatic heterocycles. The molecule has 1 aromatic rings. The van der Waals surface area contributed by atoms with Gasteiger partial charge in [-0.3, -0.25) is 0 Å². The van der Waals surface area contributed by atoms with Crippen LogP contribution in [0.1, 0.15) is 47.7 Å². The standard InChI is InChI=1S/C14H20O3/c1-10(2)12-6-5-11(3)13(9-12)14(16)17-8-4-7-15/h5-6,9-10,15H,4,7-8H2,1-3H3. The number of aryl methyl sites for hydroxylation is 1. The number of rotatable bonds is 5. The van der Waals surface area contributed by atoms with Crippen molar-refractivity contribution in [1.82, 2.24) is 0 Å². The zero-order valence-corrected chi connectivity index (χ0v) is 10.7. The van der Waals surface area contributed by atoms with Gasteiger partial charge in [-0.25, -0.2) is 4.79 Å². The predicted molar refractivity (Wildman–Crippen MR) is 67.3 cm³/mol. The van der Waals surface area contributed by atoms with Gasteiger partial charge in [0.2, 0.25) is 0 Å². The van der Waals surface area contributed by atoms with E-state index >= 15 is 0 Å². The highest BCUT2D eigenvalue weighted by Gasteiger charge is 2.12. The topological polar surface area (TPSA) is 46.5 Å². The van der Waals surface area contributed by atoms with Crippen molar-refractivity contribution in [2.75, 3.05) is 13.2 Å². The molecule has 0 atom stereocenters. The third-order valence-electron chi connectivity index (χ3n) is 2.68. The van der Waals surface area contributed by atoms with Gasteiger partial charge >= 0.3 is 5.97 Å². The number of ether oxygens (including phenoxy) is 1. The van der Waals surface area contributed by atoms with Crippen LogP contribution in [0.4, 0.5) is 0 Å². The molecule has 1 N–H and O–H groups in total. The van der Waals surface area contributed by atoms with Crippen LogP contribution in [-0.4, -0.2) is 24.3 Å². The molecule has 1 rings (SSSR count). The van der Waals surface area contributed by atoms with Gasteiger partial charge in [-0.1, -0.05) is 26.0 Å². The first-order valence-corrected chi connectivity index (χ1v) is 5.94. The summed E-state index contributed by atoms with van der Waals surface area (Å²) in [6, 6.07) is 5.86. The summed E-state index contributed by atoms with van der Waals surface area (Å²) in [5.74, 6) is 0.0815. The molecule has 0 fully saturated rings. The Morgan fingerprint density at radius 2 is 2.12 bits per heavy atom. The molecule has 0 aliphatic heterocycles. The summed E-state index contributed by atoms with van der Waals surface area (Å²) in [5.41, 5.74) is 2.67. The minimum atomic E-state index is -0.307. The first-order valence-electron chi connectivity index (χ1n) is 5.94. The maximum atomic E-state index is 11.8. The predicted octanol–water partition coefficient (Wildman–Crippen LogP) is 2.66. The van der Waals surface area contributed by atoms with E-state index in [9.17, 15) is 4.79 Å². The Morgan fingerprint density at radius 1 is 1.41 bits per heavy atom. The fraction of sp³-hybridized carbons (Fsp3) is 0.500. The number of hydrogen-bond acceptors (Lipinski definition) is 3. The smallest absolute Gasteiger partial charge is 0.338 e. The highest BCUT2D eigenvalue weighted by molar-refractivity contribution is 5.91. The fourth-order valence-corrected chi connectivity index (χ4v) is 1.53. The molecule has 17 heavy (non-hydrogen) atoms. The van der Waals surface area contributed by atoms with E-state index in [0.29, 0.717) is 17.9 Å². The molecule has 0 amide bonds. The summed E-state index contributed by atoms with van der Waals surface area (Å²) in [5, 5.41) is 8.63. The Labute approximate surface area is 102 Å². The van der Waals surface area contributed by atoms with Crippen LogP contribution in [0.25, 0.3) is 0 Å². The second-order valence-electron chi connectivity index (χ2n) is 4.44. The van der Waals surface area contributed by atoms with Gasteiger partial charge in [-0.2, -0.15) is 0 Å². The quantitative estimate of drug-likeness (QED) is 0.631. The Kier molecular flexibility index (Phi) is 5.16. The molecule has 1 aromatic carbocycles. The van der Waals surface area contributed by atoms with E-state index in [1.165, 1.54) is 0 Å². The van der Waals surface area contributed by atoms with E-state index in [-0.39, 0.29) is 19.2 Å². The lowest BCUT2D eigenvalue weighted by molar-refractivity contribution is 0.0481. The molecular formula is C14H20O3. The van der Waals surface area contributed by atoms with Crippen LogP contribution in [-0.2, 0) is 4.74 Å². The summed E-state index contributed by atoms with van der Waals surface area (Å²) in [6.07, 6.45) is 0.481. The fourth-order valence-electron chi connectivity index (χ4n) is 1.53. The Hall–Kier alpha value is -1.35. The van der Waals surface area contributed by atoms with Crippen molar-refractivity contribution in [2.45, 2.75) is 33.1 Å². The second kappa shape index (κ2) is 6.40. The van der Waals surface area contributed by atoms with Gasteiger partial charge in [0.25, 0.3) is 0 Å². The van der Waals surface area contributed by atoms with E-state index < -0.39 is 0 Å². The third-order valence-corrected chi connectivity index (χ3v) is 2.68. The third kappa shape index (κ3) is 3.86. The van der Waals surface area contributed by atoms with Crippen molar-refractivity contribution in [3.8, 4) is 0 Å². The van der Waals surface area contributed by atoms with E-state index in [2.05, 4.69) is 13.8 Å². The zero-order chi connectivity index (χ0) is 12.8. The SMILES string of the molecule is Cc1ccc(C(C)C)cc1C(=O)OCCCO. The van der Waals surface area contributed by atoms with E-state index in [1.807, 2.05) is 25.1 Å². The van der Waals surface area contributed by atoms with Crippen LogP contribution < -0.4 is 0 Å².